The van der Waals surface area contributed by atoms with Crippen molar-refractivity contribution in [1.29, 1.82) is 0 Å². The molecule has 2 aliphatic rings. The second-order valence-electron chi connectivity index (χ2n) is 6.71. The molecule has 0 saturated heterocycles. The number of carboxylic acids is 2. The van der Waals surface area contributed by atoms with E-state index >= 15 is 0 Å². The molecule has 0 heterocycles. The third-order valence-corrected chi connectivity index (χ3v) is 5.42. The van der Waals surface area contributed by atoms with Crippen molar-refractivity contribution < 1.29 is 38.1 Å². The molecule has 9 heteroatoms. The molecular formula is C17H19F2NO6. The molecule has 0 bridgehead atoms. The predicted molar refractivity (Wildman–Crippen MR) is 84.0 cm³/mol. The van der Waals surface area contributed by atoms with Gasteiger partial charge in [-0.1, -0.05) is 6.07 Å². The number of hydrogen-bond acceptors (Lipinski definition) is 5. The van der Waals surface area contributed by atoms with Crippen molar-refractivity contribution in [2.24, 2.45) is 17.6 Å². The molecule has 2 aliphatic carbocycles. The normalized spacial score (nSPS) is 35.0. The van der Waals surface area contributed by atoms with E-state index < -0.39 is 46.9 Å². The zero-order chi connectivity index (χ0) is 19.3. The van der Waals surface area contributed by atoms with Gasteiger partial charge in [-0.2, -0.15) is 0 Å². The highest BCUT2D eigenvalue weighted by Gasteiger charge is 2.85. The number of halogens is 2. The maximum absolute atomic E-state index is 14.4. The van der Waals surface area contributed by atoms with Crippen LogP contribution in [0.5, 0.6) is 5.75 Å². The number of carbonyl (C=O) groups is 2. The molecule has 5 atom stereocenters. The standard InChI is InChI=1S/C17H19F2NO6/c1-25-11-6-8(2-3-10(11)18)4-5-26-12-7-9-13(16(9,19)14(21)22)17(12,20)15(23)24/h2-3,6,9,12-13H,4-5,7,20H2,1H3,(H,21,22)(H,23,24)/t9-,12-,13+,16-,17+/m1/s1. The lowest BCUT2D eigenvalue weighted by Crippen LogP contribution is -2.60. The van der Waals surface area contributed by atoms with Crippen LogP contribution < -0.4 is 10.5 Å². The average molecular weight is 371 g/mol. The van der Waals surface area contributed by atoms with E-state index in [4.69, 9.17) is 20.3 Å². The number of nitrogens with two attached hydrogens (primary N) is 1. The SMILES string of the molecule is COc1cc(CCO[C@@H]2C[C@@H]3[C@H]([C@]2(N)C(=O)O)[C@@]3(F)C(=O)O)ccc1F. The van der Waals surface area contributed by atoms with Gasteiger partial charge in [-0.3, -0.25) is 4.79 Å². The van der Waals surface area contributed by atoms with Gasteiger partial charge in [0.05, 0.1) is 19.8 Å². The van der Waals surface area contributed by atoms with Crippen molar-refractivity contribution >= 4 is 11.9 Å². The molecule has 4 N–H and O–H groups in total. The lowest BCUT2D eigenvalue weighted by atomic mass is 9.88. The van der Waals surface area contributed by atoms with Gasteiger partial charge in [0.2, 0.25) is 5.67 Å². The molecule has 2 saturated carbocycles. The quantitative estimate of drug-likeness (QED) is 0.654. The first-order chi connectivity index (χ1) is 12.2. The lowest BCUT2D eigenvalue weighted by Gasteiger charge is -2.31. The van der Waals surface area contributed by atoms with Gasteiger partial charge in [-0.15, -0.1) is 0 Å². The van der Waals surface area contributed by atoms with E-state index in [-0.39, 0.29) is 18.8 Å². The highest BCUT2D eigenvalue weighted by Crippen LogP contribution is 2.67. The first-order valence-electron chi connectivity index (χ1n) is 8.05. The second kappa shape index (κ2) is 6.17. The molecular weight excluding hydrogens is 352 g/mol. The molecule has 1 aromatic carbocycles. The van der Waals surface area contributed by atoms with Crippen molar-refractivity contribution in [3.05, 3.63) is 29.6 Å². The number of ether oxygens (including phenoxy) is 2. The van der Waals surface area contributed by atoms with E-state index in [2.05, 4.69) is 0 Å². The van der Waals surface area contributed by atoms with Gasteiger partial charge in [0.15, 0.2) is 11.6 Å². The van der Waals surface area contributed by atoms with Crippen molar-refractivity contribution in [2.75, 3.05) is 13.7 Å². The molecule has 0 radical (unpaired) electrons. The van der Waals surface area contributed by atoms with E-state index in [0.717, 1.165) is 0 Å². The fourth-order valence-corrected chi connectivity index (χ4v) is 3.99. The third kappa shape index (κ3) is 2.53. The Morgan fingerprint density at radius 3 is 2.62 bits per heavy atom. The third-order valence-electron chi connectivity index (χ3n) is 5.42. The molecule has 2 fully saturated rings. The first kappa shape index (κ1) is 18.5. The van der Waals surface area contributed by atoms with Crippen molar-refractivity contribution in [1.82, 2.24) is 0 Å². The molecule has 3 rings (SSSR count). The summed E-state index contributed by atoms with van der Waals surface area (Å²) in [7, 11) is 1.34. The summed E-state index contributed by atoms with van der Waals surface area (Å²) >= 11 is 0. The highest BCUT2D eigenvalue weighted by atomic mass is 19.1. The van der Waals surface area contributed by atoms with Crippen LogP contribution >= 0.6 is 0 Å². The number of rotatable bonds is 7. The molecule has 0 aromatic heterocycles. The Morgan fingerprint density at radius 1 is 1.35 bits per heavy atom. The van der Waals surface area contributed by atoms with Crippen LogP contribution in [0.3, 0.4) is 0 Å². The Kier molecular flexibility index (Phi) is 4.40. The second-order valence-corrected chi connectivity index (χ2v) is 6.71. The van der Waals surface area contributed by atoms with Crippen molar-refractivity contribution in [3.63, 3.8) is 0 Å². The summed E-state index contributed by atoms with van der Waals surface area (Å²) in [5.74, 6) is -5.91. The van der Waals surface area contributed by atoms with Gasteiger partial charge in [-0.05, 0) is 30.5 Å². The first-order valence-corrected chi connectivity index (χ1v) is 8.05. The van der Waals surface area contributed by atoms with E-state index in [1.807, 2.05) is 0 Å². The summed E-state index contributed by atoms with van der Waals surface area (Å²) in [4.78, 5) is 22.7. The minimum atomic E-state index is -2.61. The molecule has 0 unspecified atom stereocenters. The van der Waals surface area contributed by atoms with Crippen LogP contribution in [0.2, 0.25) is 0 Å². The minimum absolute atomic E-state index is 0.0669. The van der Waals surface area contributed by atoms with Crippen LogP contribution in [-0.4, -0.2) is 53.2 Å². The fourth-order valence-electron chi connectivity index (χ4n) is 3.99. The maximum Gasteiger partial charge on any atom is 0.342 e. The number of benzene rings is 1. The largest absolute Gasteiger partial charge is 0.494 e. The van der Waals surface area contributed by atoms with Crippen LogP contribution in [0.1, 0.15) is 12.0 Å². The Labute approximate surface area is 147 Å². The number of carboxylic acid groups (broad SMARTS) is 2. The number of alkyl halides is 1. The lowest BCUT2D eigenvalue weighted by molar-refractivity contribution is -0.155. The van der Waals surface area contributed by atoms with E-state index in [1.54, 1.807) is 0 Å². The van der Waals surface area contributed by atoms with Crippen LogP contribution in [0.25, 0.3) is 0 Å². The maximum atomic E-state index is 14.4. The van der Waals surface area contributed by atoms with Gasteiger partial charge < -0.3 is 25.4 Å². The molecule has 7 nitrogen and oxygen atoms in total. The van der Waals surface area contributed by atoms with E-state index in [1.165, 1.54) is 25.3 Å². The van der Waals surface area contributed by atoms with Crippen LogP contribution in [-0.2, 0) is 20.7 Å². The summed E-state index contributed by atoms with van der Waals surface area (Å²) in [6, 6.07) is 4.28. The zero-order valence-electron chi connectivity index (χ0n) is 13.9. The van der Waals surface area contributed by atoms with Crippen LogP contribution in [0.15, 0.2) is 18.2 Å². The van der Waals surface area contributed by atoms with Crippen LogP contribution in [0, 0.1) is 17.7 Å². The van der Waals surface area contributed by atoms with Gasteiger partial charge in [0.25, 0.3) is 0 Å². The highest BCUT2D eigenvalue weighted by molar-refractivity contribution is 5.90. The van der Waals surface area contributed by atoms with Crippen LogP contribution in [0.4, 0.5) is 8.78 Å². The Balaban J connectivity index is 1.66. The van der Waals surface area contributed by atoms with E-state index in [0.29, 0.717) is 12.0 Å². The number of methoxy groups -OCH3 is 1. The monoisotopic (exact) mass is 371 g/mol. The summed E-state index contributed by atoms with van der Waals surface area (Å²) in [6.45, 7) is 0.0669. The zero-order valence-corrected chi connectivity index (χ0v) is 13.9. The van der Waals surface area contributed by atoms with Crippen molar-refractivity contribution in [3.8, 4) is 5.75 Å². The number of fused-ring (bicyclic) bond motifs is 1. The Hall–Kier alpha value is -2.26. The molecule has 1 aromatic rings. The Morgan fingerprint density at radius 2 is 2.04 bits per heavy atom. The molecule has 0 amide bonds. The van der Waals surface area contributed by atoms with E-state index in [9.17, 15) is 23.5 Å². The number of aliphatic carboxylic acids is 2. The molecule has 142 valence electrons. The fraction of sp³-hybridized carbons (Fsp3) is 0.529. The molecule has 0 spiro atoms. The summed E-state index contributed by atoms with van der Waals surface area (Å²) in [5, 5.41) is 18.5. The van der Waals surface area contributed by atoms with Gasteiger partial charge in [0, 0.05) is 11.8 Å². The summed E-state index contributed by atoms with van der Waals surface area (Å²) in [5.41, 5.74) is 1.88. The predicted octanol–water partition coefficient (Wildman–Crippen LogP) is 0.987. The topological polar surface area (TPSA) is 119 Å². The smallest absolute Gasteiger partial charge is 0.342 e. The summed E-state index contributed by atoms with van der Waals surface area (Å²) in [6.07, 6.45) is -0.749. The van der Waals surface area contributed by atoms with Gasteiger partial charge in [-0.25, -0.2) is 13.6 Å². The van der Waals surface area contributed by atoms with Gasteiger partial charge in [0.1, 0.15) is 5.54 Å². The summed E-state index contributed by atoms with van der Waals surface area (Å²) < 4.78 is 38.3. The number of hydrogen-bond donors (Lipinski definition) is 3. The Bertz CT molecular complexity index is 759. The molecule has 26 heavy (non-hydrogen) atoms. The minimum Gasteiger partial charge on any atom is -0.494 e. The van der Waals surface area contributed by atoms with Crippen molar-refractivity contribution in [2.45, 2.75) is 30.2 Å². The molecule has 0 aliphatic heterocycles. The average Bonchev–Trinajstić information content (AvgIpc) is 3.07. The van der Waals surface area contributed by atoms with Gasteiger partial charge >= 0.3 is 11.9 Å².